The summed E-state index contributed by atoms with van der Waals surface area (Å²) in [7, 11) is 0. The zero-order valence-electron chi connectivity index (χ0n) is 24.9. The largest absolute Gasteiger partial charge is 0.0622 e. The normalized spacial score (nSPS) is 14.7. The van der Waals surface area contributed by atoms with Gasteiger partial charge in [-0.3, -0.25) is 0 Å². The topological polar surface area (TPSA) is 0 Å². The highest BCUT2D eigenvalue weighted by molar-refractivity contribution is 5.90. The highest BCUT2D eigenvalue weighted by Gasteiger charge is 2.33. The SMILES string of the molecule is c1ccc(-c2cc(-c3cccc4c3Cc3ccccc3-4)cc(C3c4ccccc4-c4cc5c(cc43)Cc3ccccc3-5)c2)cc1. The van der Waals surface area contributed by atoms with Crippen LogP contribution in [0.15, 0.2) is 152 Å². The first kappa shape index (κ1) is 24.9. The van der Waals surface area contributed by atoms with Gasteiger partial charge in [-0.2, -0.15) is 0 Å². The molecule has 0 aromatic heterocycles. The van der Waals surface area contributed by atoms with E-state index in [0.717, 1.165) is 12.8 Å². The van der Waals surface area contributed by atoms with Gasteiger partial charge < -0.3 is 0 Å². The molecule has 45 heavy (non-hydrogen) atoms. The van der Waals surface area contributed by atoms with Crippen molar-refractivity contribution in [2.75, 3.05) is 0 Å². The smallest absolute Gasteiger partial charge is 0.0352 e. The molecule has 7 aromatic carbocycles. The third-order valence-corrected chi connectivity index (χ3v) is 10.4. The van der Waals surface area contributed by atoms with Crippen molar-refractivity contribution in [3.8, 4) is 55.6 Å². The van der Waals surface area contributed by atoms with E-state index in [2.05, 4.69) is 152 Å². The first-order valence-corrected chi connectivity index (χ1v) is 16.1. The van der Waals surface area contributed by atoms with Gasteiger partial charge in [-0.25, -0.2) is 0 Å². The molecule has 3 aliphatic rings. The summed E-state index contributed by atoms with van der Waals surface area (Å²) in [5.74, 6) is 0.182. The summed E-state index contributed by atoms with van der Waals surface area (Å²) in [4.78, 5) is 0. The summed E-state index contributed by atoms with van der Waals surface area (Å²) in [5.41, 5.74) is 23.4. The van der Waals surface area contributed by atoms with E-state index in [4.69, 9.17) is 0 Å². The molecule has 0 nitrogen and oxygen atoms in total. The van der Waals surface area contributed by atoms with Crippen molar-refractivity contribution in [1.82, 2.24) is 0 Å². The Morgan fingerprint density at radius 1 is 0.333 bits per heavy atom. The second-order valence-corrected chi connectivity index (χ2v) is 12.8. The van der Waals surface area contributed by atoms with Gasteiger partial charge in [-0.05, 0) is 120 Å². The molecule has 0 aliphatic heterocycles. The van der Waals surface area contributed by atoms with Gasteiger partial charge in [-0.1, -0.05) is 140 Å². The molecule has 0 amide bonds. The van der Waals surface area contributed by atoms with Crippen molar-refractivity contribution < 1.29 is 0 Å². The number of benzene rings is 7. The van der Waals surface area contributed by atoms with E-state index in [1.54, 1.807) is 0 Å². The van der Waals surface area contributed by atoms with Gasteiger partial charge in [0.05, 0.1) is 0 Å². The molecule has 0 heteroatoms. The quantitative estimate of drug-likeness (QED) is 0.198. The number of rotatable bonds is 3. The molecule has 7 aromatic rings. The maximum atomic E-state index is 2.53. The fourth-order valence-electron chi connectivity index (χ4n) is 8.39. The van der Waals surface area contributed by atoms with Crippen LogP contribution in [0.25, 0.3) is 55.6 Å². The molecule has 0 fully saturated rings. The summed E-state index contributed by atoms with van der Waals surface area (Å²) < 4.78 is 0. The van der Waals surface area contributed by atoms with E-state index in [9.17, 15) is 0 Å². The van der Waals surface area contributed by atoms with E-state index in [-0.39, 0.29) is 5.92 Å². The second-order valence-electron chi connectivity index (χ2n) is 12.8. The van der Waals surface area contributed by atoms with Crippen molar-refractivity contribution in [3.05, 3.63) is 191 Å². The highest BCUT2D eigenvalue weighted by atomic mass is 14.4. The predicted octanol–water partition coefficient (Wildman–Crippen LogP) is 11.3. The Morgan fingerprint density at radius 3 is 1.82 bits per heavy atom. The summed E-state index contributed by atoms with van der Waals surface area (Å²) in [5, 5.41) is 0. The fraction of sp³-hybridized carbons (Fsp3) is 0.0667. The van der Waals surface area contributed by atoms with E-state index in [0.29, 0.717) is 0 Å². The minimum Gasteiger partial charge on any atom is -0.0622 e. The lowest BCUT2D eigenvalue weighted by Gasteiger charge is -2.19. The second kappa shape index (κ2) is 9.52. The Morgan fingerprint density at radius 2 is 0.978 bits per heavy atom. The van der Waals surface area contributed by atoms with Crippen LogP contribution >= 0.6 is 0 Å². The Bertz CT molecular complexity index is 2320. The van der Waals surface area contributed by atoms with Gasteiger partial charge in [-0.15, -0.1) is 0 Å². The van der Waals surface area contributed by atoms with Crippen molar-refractivity contribution in [1.29, 1.82) is 0 Å². The standard InChI is InChI=1S/C45H30/c1-2-11-28(12-3-1)31-22-32(37-19-10-20-38-35-15-6-5-14-30(35)25-42(37)38)24-34(23-31)45-40-18-9-8-17-39(40)43-27-41-33(26-44(43)45)21-29-13-4-7-16-36(29)41/h1-20,22-24,26-27,45H,21,25H2. The van der Waals surface area contributed by atoms with Crippen molar-refractivity contribution in [2.24, 2.45) is 0 Å². The fourth-order valence-corrected chi connectivity index (χ4v) is 8.39. The molecule has 210 valence electrons. The number of hydrogen-bond acceptors (Lipinski definition) is 0. The first-order chi connectivity index (χ1) is 22.3. The molecule has 0 spiro atoms. The van der Waals surface area contributed by atoms with Crippen LogP contribution in [0.1, 0.15) is 44.9 Å². The minimum atomic E-state index is 0.182. The first-order valence-electron chi connectivity index (χ1n) is 16.1. The van der Waals surface area contributed by atoms with Crippen LogP contribution in [0.4, 0.5) is 0 Å². The van der Waals surface area contributed by atoms with Crippen LogP contribution in [-0.4, -0.2) is 0 Å². The molecule has 1 unspecified atom stereocenters. The van der Waals surface area contributed by atoms with Crippen LogP contribution in [0.3, 0.4) is 0 Å². The summed E-state index contributed by atoms with van der Waals surface area (Å²) in [6, 6.07) is 57.1. The Labute approximate surface area is 264 Å². The van der Waals surface area contributed by atoms with Gasteiger partial charge in [0, 0.05) is 5.92 Å². The van der Waals surface area contributed by atoms with Crippen LogP contribution in [0.5, 0.6) is 0 Å². The molecule has 0 heterocycles. The van der Waals surface area contributed by atoms with E-state index in [1.807, 2.05) is 0 Å². The summed E-state index contributed by atoms with van der Waals surface area (Å²) in [6.45, 7) is 0. The van der Waals surface area contributed by atoms with Gasteiger partial charge >= 0.3 is 0 Å². The predicted molar refractivity (Wildman–Crippen MR) is 187 cm³/mol. The molecule has 3 aliphatic carbocycles. The van der Waals surface area contributed by atoms with E-state index in [1.165, 1.54) is 94.6 Å². The molecular formula is C45H30. The molecule has 0 radical (unpaired) electrons. The van der Waals surface area contributed by atoms with Crippen molar-refractivity contribution in [3.63, 3.8) is 0 Å². The lowest BCUT2D eigenvalue weighted by molar-refractivity contribution is 1.01. The highest BCUT2D eigenvalue weighted by Crippen LogP contribution is 2.53. The van der Waals surface area contributed by atoms with Crippen molar-refractivity contribution in [2.45, 2.75) is 18.8 Å². The lowest BCUT2D eigenvalue weighted by Crippen LogP contribution is -2.02. The summed E-state index contributed by atoms with van der Waals surface area (Å²) >= 11 is 0. The molecule has 0 saturated carbocycles. The average molecular weight is 571 g/mol. The molecule has 10 rings (SSSR count). The Kier molecular flexibility index (Phi) is 5.27. The molecule has 0 N–H and O–H groups in total. The third-order valence-electron chi connectivity index (χ3n) is 10.4. The summed E-state index contributed by atoms with van der Waals surface area (Å²) in [6.07, 6.45) is 1.99. The Hall–Kier alpha value is -5.46. The lowest BCUT2D eigenvalue weighted by atomic mass is 9.84. The molecule has 1 atom stereocenters. The van der Waals surface area contributed by atoms with Crippen LogP contribution in [0.2, 0.25) is 0 Å². The van der Waals surface area contributed by atoms with E-state index < -0.39 is 0 Å². The van der Waals surface area contributed by atoms with Crippen LogP contribution < -0.4 is 0 Å². The Balaban J connectivity index is 1.20. The number of hydrogen-bond donors (Lipinski definition) is 0. The zero-order chi connectivity index (χ0) is 29.5. The third kappa shape index (κ3) is 3.72. The van der Waals surface area contributed by atoms with Gasteiger partial charge in [0.15, 0.2) is 0 Å². The monoisotopic (exact) mass is 570 g/mol. The van der Waals surface area contributed by atoms with Crippen LogP contribution in [-0.2, 0) is 12.8 Å². The maximum absolute atomic E-state index is 2.53. The van der Waals surface area contributed by atoms with Gasteiger partial charge in [0.2, 0.25) is 0 Å². The van der Waals surface area contributed by atoms with Gasteiger partial charge in [0.1, 0.15) is 0 Å². The van der Waals surface area contributed by atoms with Crippen molar-refractivity contribution >= 4 is 0 Å². The van der Waals surface area contributed by atoms with Crippen LogP contribution in [0, 0.1) is 0 Å². The number of fused-ring (bicyclic) bond motifs is 9. The minimum absolute atomic E-state index is 0.182. The van der Waals surface area contributed by atoms with Gasteiger partial charge in [0.25, 0.3) is 0 Å². The average Bonchev–Trinajstić information content (AvgIpc) is 3.76. The van der Waals surface area contributed by atoms with E-state index >= 15 is 0 Å². The maximum Gasteiger partial charge on any atom is 0.0352 e. The zero-order valence-corrected chi connectivity index (χ0v) is 24.9. The molecule has 0 saturated heterocycles. The molecular weight excluding hydrogens is 540 g/mol. The molecule has 0 bridgehead atoms.